The number of aromatic amines is 1. The summed E-state index contributed by atoms with van der Waals surface area (Å²) in [4.78, 5) is 19.1. The number of imidazole rings is 1. The molecular weight excluding hydrogens is 481 g/mol. The molecule has 0 fully saturated rings. The molecule has 0 amide bonds. The van der Waals surface area contributed by atoms with E-state index in [0.717, 1.165) is 6.07 Å². The van der Waals surface area contributed by atoms with Gasteiger partial charge >= 0.3 is 11.9 Å². The van der Waals surface area contributed by atoms with Crippen LogP contribution in [0.5, 0.6) is 0 Å². The van der Waals surface area contributed by atoms with Crippen LogP contribution < -0.4 is 11.0 Å². The predicted molar refractivity (Wildman–Crippen MR) is 119 cm³/mol. The summed E-state index contributed by atoms with van der Waals surface area (Å²) < 4.78 is 65.7. The van der Waals surface area contributed by atoms with Gasteiger partial charge in [0.05, 0.1) is 21.2 Å². The molecule has 0 radical (unpaired) electrons. The van der Waals surface area contributed by atoms with Crippen molar-refractivity contribution < 1.29 is 21.6 Å². The van der Waals surface area contributed by atoms with Crippen LogP contribution in [0.2, 0.25) is 5.02 Å². The van der Waals surface area contributed by atoms with Crippen LogP contribution in [-0.4, -0.2) is 29.5 Å². The highest BCUT2D eigenvalue weighted by Gasteiger charge is 2.32. The first kappa shape index (κ1) is 24.8. The van der Waals surface area contributed by atoms with Gasteiger partial charge in [0.15, 0.2) is 9.84 Å². The largest absolute Gasteiger partial charge is 0.417 e. The van der Waals surface area contributed by atoms with Crippen LogP contribution >= 0.6 is 11.6 Å². The highest BCUT2D eigenvalue weighted by atomic mass is 35.5. The fourth-order valence-corrected chi connectivity index (χ4v) is 5.14. The Labute approximate surface area is 193 Å². The smallest absolute Gasteiger partial charge is 0.367 e. The van der Waals surface area contributed by atoms with Crippen molar-refractivity contribution in [2.75, 3.05) is 11.9 Å². The zero-order chi connectivity index (χ0) is 24.4. The molecule has 2 N–H and O–H groups in total. The maximum Gasteiger partial charge on any atom is 0.417 e. The Kier molecular flexibility index (Phi) is 7.23. The second kappa shape index (κ2) is 9.60. The molecule has 3 rings (SSSR count). The summed E-state index contributed by atoms with van der Waals surface area (Å²) in [5.74, 6) is 0.0477. The summed E-state index contributed by atoms with van der Waals surface area (Å²) in [7, 11) is -3.73. The van der Waals surface area contributed by atoms with Crippen molar-refractivity contribution >= 4 is 27.3 Å². The van der Waals surface area contributed by atoms with E-state index in [0.29, 0.717) is 24.0 Å². The molecule has 1 atom stereocenters. The van der Waals surface area contributed by atoms with Gasteiger partial charge in [-0.25, -0.2) is 18.2 Å². The van der Waals surface area contributed by atoms with Gasteiger partial charge in [-0.15, -0.1) is 0 Å². The second-order valence-corrected chi connectivity index (χ2v) is 9.95. The van der Waals surface area contributed by atoms with Crippen molar-refractivity contribution in [2.45, 2.75) is 43.1 Å². The topological polar surface area (TPSA) is 96.9 Å². The zero-order valence-corrected chi connectivity index (χ0v) is 19.4. The number of hydrogen-bond acceptors (Lipinski definition) is 5. The van der Waals surface area contributed by atoms with Crippen molar-refractivity contribution in [3.05, 3.63) is 75.1 Å². The number of anilines is 1. The van der Waals surface area contributed by atoms with Gasteiger partial charge in [-0.05, 0) is 31.5 Å². The van der Waals surface area contributed by atoms with E-state index in [-0.39, 0.29) is 28.8 Å². The standard InChI is InChI=1S/C21H22ClF3N4O3S/c1-3-17-18(13(2)33(31,32)15-7-5-4-6-8-15)28-20(30)29(17)10-9-26-19-16(22)11-14(12-27-19)21(23,24)25/h4-8,11-13H,3,9-10H2,1-2H3,(H,26,27)(H,28,30). The van der Waals surface area contributed by atoms with Gasteiger partial charge in [0.2, 0.25) is 0 Å². The van der Waals surface area contributed by atoms with Gasteiger partial charge in [0, 0.05) is 25.0 Å². The van der Waals surface area contributed by atoms with Crippen LogP contribution in [0.1, 0.15) is 36.0 Å². The minimum Gasteiger partial charge on any atom is -0.367 e. The van der Waals surface area contributed by atoms with Crippen molar-refractivity contribution in [2.24, 2.45) is 0 Å². The van der Waals surface area contributed by atoms with E-state index in [1.54, 1.807) is 25.1 Å². The Hall–Kier alpha value is -2.79. The first-order valence-electron chi connectivity index (χ1n) is 10.0. The average Bonchev–Trinajstić information content (AvgIpc) is 3.09. The number of H-pyrrole nitrogens is 1. The molecule has 178 valence electrons. The number of nitrogens with one attached hydrogen (secondary N) is 2. The van der Waals surface area contributed by atoms with Crippen molar-refractivity contribution in [1.82, 2.24) is 14.5 Å². The zero-order valence-electron chi connectivity index (χ0n) is 17.8. The number of sulfone groups is 1. The third kappa shape index (κ3) is 5.25. The number of nitrogens with zero attached hydrogens (tertiary/aromatic N) is 2. The van der Waals surface area contributed by atoms with E-state index in [4.69, 9.17) is 11.6 Å². The van der Waals surface area contributed by atoms with Crippen LogP contribution in [0.25, 0.3) is 0 Å². The Bertz CT molecular complexity index is 1290. The SMILES string of the molecule is CCc1c(C(C)S(=O)(=O)c2ccccc2)[nH]c(=O)n1CCNc1ncc(C(F)(F)F)cc1Cl. The lowest BCUT2D eigenvalue weighted by Crippen LogP contribution is -2.23. The fourth-order valence-electron chi connectivity index (χ4n) is 3.46. The molecule has 1 unspecified atom stereocenters. The van der Waals surface area contributed by atoms with Gasteiger partial charge < -0.3 is 10.3 Å². The lowest BCUT2D eigenvalue weighted by molar-refractivity contribution is -0.137. The lowest BCUT2D eigenvalue weighted by atomic mass is 10.2. The molecule has 0 saturated heterocycles. The van der Waals surface area contributed by atoms with Gasteiger partial charge in [0.25, 0.3) is 0 Å². The lowest BCUT2D eigenvalue weighted by Gasteiger charge is -2.15. The van der Waals surface area contributed by atoms with E-state index in [9.17, 15) is 26.4 Å². The number of pyridine rings is 1. The minimum absolute atomic E-state index is 0.0477. The number of rotatable bonds is 8. The molecular formula is C21H22ClF3N4O3S. The third-order valence-electron chi connectivity index (χ3n) is 5.20. The molecule has 0 bridgehead atoms. The summed E-state index contributed by atoms with van der Waals surface area (Å²) in [5.41, 5.74) is -0.617. The number of benzene rings is 1. The highest BCUT2D eigenvalue weighted by molar-refractivity contribution is 7.91. The van der Waals surface area contributed by atoms with E-state index in [2.05, 4.69) is 15.3 Å². The molecule has 3 aromatic rings. The summed E-state index contributed by atoms with van der Waals surface area (Å²) in [5, 5.41) is 1.62. The van der Waals surface area contributed by atoms with E-state index < -0.39 is 32.5 Å². The molecule has 0 saturated carbocycles. The highest BCUT2D eigenvalue weighted by Crippen LogP contribution is 2.32. The normalized spacial score (nSPS) is 13.2. The number of hydrogen-bond donors (Lipinski definition) is 2. The monoisotopic (exact) mass is 502 g/mol. The van der Waals surface area contributed by atoms with E-state index in [1.807, 2.05) is 0 Å². The minimum atomic E-state index is -4.56. The molecule has 0 aliphatic heterocycles. The summed E-state index contributed by atoms with van der Waals surface area (Å²) in [6, 6.07) is 8.73. The number of alkyl halides is 3. The van der Waals surface area contributed by atoms with Gasteiger partial charge in [-0.1, -0.05) is 36.7 Å². The van der Waals surface area contributed by atoms with Gasteiger partial charge in [-0.2, -0.15) is 13.2 Å². The Morgan fingerprint density at radius 1 is 1.24 bits per heavy atom. The van der Waals surface area contributed by atoms with Crippen LogP contribution in [0, 0.1) is 0 Å². The maximum absolute atomic E-state index is 13.0. The molecule has 2 heterocycles. The van der Waals surface area contributed by atoms with Crippen LogP contribution in [0.3, 0.4) is 0 Å². The molecule has 0 aliphatic carbocycles. The molecule has 12 heteroatoms. The Morgan fingerprint density at radius 2 is 1.91 bits per heavy atom. The first-order valence-corrected chi connectivity index (χ1v) is 12.0. The molecule has 1 aromatic carbocycles. The Morgan fingerprint density at radius 3 is 2.48 bits per heavy atom. The summed E-state index contributed by atoms with van der Waals surface area (Å²) in [6.45, 7) is 3.56. The molecule has 7 nitrogen and oxygen atoms in total. The quantitative estimate of drug-likeness (QED) is 0.474. The third-order valence-corrected chi connectivity index (χ3v) is 7.58. The van der Waals surface area contributed by atoms with E-state index >= 15 is 0 Å². The van der Waals surface area contributed by atoms with Crippen LogP contribution in [-0.2, 0) is 29.0 Å². The number of aromatic nitrogens is 3. The van der Waals surface area contributed by atoms with E-state index in [1.165, 1.54) is 23.6 Å². The first-order chi connectivity index (χ1) is 15.5. The molecule has 33 heavy (non-hydrogen) atoms. The number of halogens is 4. The molecule has 2 aromatic heterocycles. The van der Waals surface area contributed by atoms with Crippen molar-refractivity contribution in [3.8, 4) is 0 Å². The maximum atomic E-state index is 13.0. The molecule has 0 aliphatic rings. The van der Waals surface area contributed by atoms with Crippen LogP contribution in [0.4, 0.5) is 19.0 Å². The van der Waals surface area contributed by atoms with Crippen molar-refractivity contribution in [3.63, 3.8) is 0 Å². The summed E-state index contributed by atoms with van der Waals surface area (Å²) in [6.07, 6.45) is -3.50. The Balaban J connectivity index is 1.80. The van der Waals surface area contributed by atoms with Gasteiger partial charge in [0.1, 0.15) is 11.1 Å². The molecule has 0 spiro atoms. The summed E-state index contributed by atoms with van der Waals surface area (Å²) >= 11 is 5.89. The second-order valence-electron chi connectivity index (χ2n) is 7.27. The van der Waals surface area contributed by atoms with Crippen molar-refractivity contribution in [1.29, 1.82) is 0 Å². The predicted octanol–water partition coefficient (Wildman–Crippen LogP) is 4.45. The fraction of sp³-hybridized carbons (Fsp3) is 0.333. The van der Waals surface area contributed by atoms with Gasteiger partial charge in [-0.3, -0.25) is 4.57 Å². The average molecular weight is 503 g/mol. The van der Waals surface area contributed by atoms with Crippen LogP contribution in [0.15, 0.2) is 52.3 Å².